The van der Waals surface area contributed by atoms with Crippen LogP contribution in [0.1, 0.15) is 8.85 Å². The fourth-order valence-electron chi connectivity index (χ4n) is 9.71. The van der Waals surface area contributed by atoms with E-state index in [1.54, 1.807) is 18.3 Å². The average molecular weight is 1210 g/mol. The summed E-state index contributed by atoms with van der Waals surface area (Å²) in [6.45, 7) is 0. The Bertz CT molecular complexity index is 4190. The third-order valence-electron chi connectivity index (χ3n) is 14.2. The minimum atomic E-state index is -1.46. The molecule has 0 radical (unpaired) electrons. The molecule has 0 atom stereocenters. The first-order chi connectivity index (χ1) is 43.3. The largest absolute Gasteiger partial charge is 1.00 e. The maximum Gasteiger partial charge on any atom is 1.00 e. The van der Waals surface area contributed by atoms with Gasteiger partial charge in [-0.05, 0) is 75.7 Å². The van der Waals surface area contributed by atoms with Crippen LogP contribution in [0.15, 0.2) is 310 Å². The molecule has 90 heavy (non-hydrogen) atoms. The fourth-order valence-corrected chi connectivity index (χ4v) is 9.87. The molecule has 5 aromatic heterocycles. The van der Waals surface area contributed by atoms with Crippen LogP contribution in [0, 0.1) is 0 Å². The van der Waals surface area contributed by atoms with E-state index < -0.39 is 7.12 Å². The summed E-state index contributed by atoms with van der Waals surface area (Å²) in [5.74, 6) is 3.08. The van der Waals surface area contributed by atoms with Crippen molar-refractivity contribution in [3.05, 3.63) is 315 Å². The number of rotatable bonds is 12. The first kappa shape index (κ1) is 63.4. The Morgan fingerprint density at radius 2 is 0.522 bits per heavy atom. The van der Waals surface area contributed by atoms with Crippen LogP contribution in [0.4, 0.5) is 0 Å². The molecular formula is C76H58BClKN9O2. The van der Waals surface area contributed by atoms with Crippen molar-refractivity contribution in [1.29, 1.82) is 0 Å². The Balaban J connectivity index is 0.000000172. The molecule has 0 aliphatic rings. The van der Waals surface area contributed by atoms with Crippen LogP contribution >= 0.6 is 11.6 Å². The van der Waals surface area contributed by atoms with Crippen molar-refractivity contribution < 1.29 is 62.9 Å². The zero-order valence-corrected chi connectivity index (χ0v) is 52.2. The summed E-state index contributed by atoms with van der Waals surface area (Å²) in [6.07, 6.45) is 3.62. The summed E-state index contributed by atoms with van der Waals surface area (Å²) < 4.78 is 0. The van der Waals surface area contributed by atoms with E-state index in [2.05, 4.69) is 80.6 Å². The van der Waals surface area contributed by atoms with E-state index >= 15 is 0 Å². The van der Waals surface area contributed by atoms with E-state index in [-0.39, 0.29) is 65.5 Å². The van der Waals surface area contributed by atoms with E-state index in [9.17, 15) is 10.0 Å². The van der Waals surface area contributed by atoms with Crippen molar-refractivity contribution in [3.63, 3.8) is 0 Å². The predicted octanol–water partition coefficient (Wildman–Crippen LogP) is 14.0. The molecule has 0 unspecified atom stereocenters. The quantitative estimate of drug-likeness (QED) is 0.112. The minimum absolute atomic E-state index is 0. The van der Waals surface area contributed by atoms with Crippen LogP contribution in [-0.2, 0) is 0 Å². The SMILES string of the molecule is C.Clc1nc(-c2ccccc2)nc(-c2ccccc2)n1.OB(O)c1ccc(-c2cc(-c3ccccc3)nc(-c3ccccc3)c2)cc1.[H-].[K+].c1ccc(-c2cc(-c3ccc(-c4nc(-c5ccccc5)nc(-c5ccccc5)n4)cc3)cc(-c3cccnc3)n2)cc1. The molecular weight excluding hydrogens is 1160 g/mol. The van der Waals surface area contributed by atoms with Crippen LogP contribution < -0.4 is 56.8 Å². The second-order valence-electron chi connectivity index (χ2n) is 20.2. The zero-order chi connectivity index (χ0) is 59.9. The Kier molecular flexibility index (Phi) is 21.8. The van der Waals surface area contributed by atoms with Gasteiger partial charge in [-0.15, -0.1) is 0 Å². The molecule has 0 fully saturated rings. The monoisotopic (exact) mass is 1210 g/mol. The van der Waals surface area contributed by atoms with Gasteiger partial charge in [0.2, 0.25) is 5.28 Å². The molecule has 2 N–H and O–H groups in total. The van der Waals surface area contributed by atoms with Gasteiger partial charge >= 0.3 is 58.5 Å². The number of hydrogen-bond donors (Lipinski definition) is 2. The summed E-state index contributed by atoms with van der Waals surface area (Å²) in [5, 5.41) is 18.8. The molecule has 0 bridgehead atoms. The standard InChI is InChI=1S/C37H25N5.C23H18BNO2.C15H10ClN3.CH4.K.H/c1-4-11-27(12-5-1)33-23-32(24-34(39-33)31-17-10-22-38-25-31)26-18-20-30(21-19-26)37-41-35(28-13-6-2-7-14-28)40-36(42-37)29-15-8-3-9-16-29;26-24(27)21-13-11-17(12-14-21)20-15-22(18-7-3-1-4-8-18)25-23(16-20)19-9-5-2-6-10-19;16-15-18-13(11-7-3-1-4-8-11)17-14(19-15)12-9-5-2-6-10-12;;;/h1-25H;1-16,26-27H;1-10H;1H4;;/q;;;;+1;-1. The minimum Gasteiger partial charge on any atom is -1.00 e. The molecule has 0 saturated heterocycles. The van der Waals surface area contributed by atoms with Crippen molar-refractivity contribution in [3.8, 4) is 124 Å². The second kappa shape index (κ2) is 31.0. The number of hydrogen-bond acceptors (Lipinski definition) is 11. The first-order valence-electron chi connectivity index (χ1n) is 28.4. The molecule has 0 spiro atoms. The summed E-state index contributed by atoms with van der Waals surface area (Å²) in [7, 11) is -1.46. The van der Waals surface area contributed by atoms with Crippen LogP contribution in [0.3, 0.4) is 0 Å². The van der Waals surface area contributed by atoms with E-state index in [0.29, 0.717) is 34.6 Å². The van der Waals surface area contributed by atoms with Crippen molar-refractivity contribution >= 4 is 24.2 Å². The van der Waals surface area contributed by atoms with Gasteiger partial charge in [0.15, 0.2) is 29.1 Å². The Labute approximate surface area is 573 Å². The third-order valence-corrected chi connectivity index (χ3v) is 14.4. The van der Waals surface area contributed by atoms with Gasteiger partial charge in [-0.25, -0.2) is 29.9 Å². The van der Waals surface area contributed by atoms with Gasteiger partial charge in [-0.2, -0.15) is 9.97 Å². The molecule has 0 saturated carbocycles. The van der Waals surface area contributed by atoms with Gasteiger partial charge in [-0.1, -0.05) is 268 Å². The van der Waals surface area contributed by atoms with Crippen molar-refractivity contribution in [2.24, 2.45) is 0 Å². The average Bonchev–Trinajstić information content (AvgIpc) is 3.78. The first-order valence-corrected chi connectivity index (χ1v) is 28.8. The summed E-state index contributed by atoms with van der Waals surface area (Å²) >= 11 is 5.99. The van der Waals surface area contributed by atoms with E-state index in [1.165, 1.54) is 0 Å². The molecule has 0 aliphatic carbocycles. The maximum atomic E-state index is 9.32. The number of benzene rings is 9. The molecule has 430 valence electrons. The molecule has 0 amide bonds. The second-order valence-corrected chi connectivity index (χ2v) is 20.5. The number of nitrogens with zero attached hydrogens (tertiary/aromatic N) is 9. The van der Waals surface area contributed by atoms with E-state index in [1.807, 2.05) is 231 Å². The number of pyridine rings is 3. The maximum absolute atomic E-state index is 9.32. The van der Waals surface area contributed by atoms with Gasteiger partial charge in [-0.3, -0.25) is 4.98 Å². The Morgan fingerprint density at radius 3 is 0.822 bits per heavy atom. The third kappa shape index (κ3) is 16.2. The van der Waals surface area contributed by atoms with E-state index in [4.69, 9.17) is 36.5 Å². The Morgan fingerprint density at radius 1 is 0.267 bits per heavy atom. The fraction of sp³-hybridized carbons (Fsp3) is 0.0132. The van der Waals surface area contributed by atoms with Crippen molar-refractivity contribution in [2.45, 2.75) is 7.43 Å². The van der Waals surface area contributed by atoms with Gasteiger partial charge in [0.25, 0.3) is 0 Å². The molecule has 14 heteroatoms. The normalized spacial score (nSPS) is 10.4. The topological polar surface area (TPSA) is 156 Å². The Hall–Kier alpha value is -9.64. The summed E-state index contributed by atoms with van der Waals surface area (Å²) in [4.78, 5) is 41.5. The van der Waals surface area contributed by atoms with Crippen molar-refractivity contribution in [1.82, 2.24) is 44.9 Å². The van der Waals surface area contributed by atoms with Gasteiger partial charge in [0.05, 0.1) is 22.8 Å². The molecule has 5 heterocycles. The van der Waals surface area contributed by atoms with Gasteiger partial charge in [0, 0.05) is 62.5 Å². The van der Waals surface area contributed by atoms with Crippen LogP contribution in [0.25, 0.3) is 124 Å². The predicted molar refractivity (Wildman–Crippen MR) is 362 cm³/mol. The van der Waals surface area contributed by atoms with Gasteiger partial charge in [0.1, 0.15) is 0 Å². The zero-order valence-electron chi connectivity index (χ0n) is 49.3. The molecule has 11 nitrogen and oxygen atoms in total. The number of halogens is 1. The molecule has 0 aliphatic heterocycles. The van der Waals surface area contributed by atoms with Crippen LogP contribution in [0.2, 0.25) is 5.28 Å². The summed E-state index contributed by atoms with van der Waals surface area (Å²) in [6, 6.07) is 97.8. The summed E-state index contributed by atoms with van der Waals surface area (Å²) in [5.41, 5.74) is 17.0. The van der Waals surface area contributed by atoms with Crippen LogP contribution in [0.5, 0.6) is 0 Å². The molecule has 14 aromatic rings. The number of aromatic nitrogens is 9. The van der Waals surface area contributed by atoms with Crippen molar-refractivity contribution in [2.75, 3.05) is 0 Å². The van der Waals surface area contributed by atoms with Crippen LogP contribution in [-0.4, -0.2) is 62.0 Å². The molecule has 14 rings (SSSR count). The molecule has 9 aromatic carbocycles. The van der Waals surface area contributed by atoms with E-state index in [0.717, 1.165) is 95.1 Å². The smallest absolute Gasteiger partial charge is 1.00 e. The van der Waals surface area contributed by atoms with Gasteiger partial charge < -0.3 is 11.5 Å².